The van der Waals surface area contributed by atoms with E-state index in [9.17, 15) is 4.79 Å². The van der Waals surface area contributed by atoms with Gasteiger partial charge in [0.2, 0.25) is 5.75 Å². The molecule has 0 radical (unpaired) electrons. The largest absolute Gasteiger partial charge is 0.494 e. The third kappa shape index (κ3) is 6.29. The first kappa shape index (κ1) is 30.4. The molecule has 4 aromatic carbocycles. The Morgan fingerprint density at radius 3 is 2.23 bits per heavy atom. The van der Waals surface area contributed by atoms with Crippen LogP contribution in [0.25, 0.3) is 22.3 Å². The van der Waals surface area contributed by atoms with E-state index >= 15 is 0 Å². The molecule has 8 nitrogen and oxygen atoms in total. The van der Waals surface area contributed by atoms with Gasteiger partial charge in [-0.1, -0.05) is 56.3 Å². The first-order valence-corrected chi connectivity index (χ1v) is 14.6. The van der Waals surface area contributed by atoms with Gasteiger partial charge in [-0.05, 0) is 72.9 Å². The number of aryl methyl sites for hydroxylation is 1. The fourth-order valence-corrected chi connectivity index (χ4v) is 5.05. The maximum atomic E-state index is 13.9. The number of hydrogen-bond acceptors (Lipinski definition) is 7. The molecule has 0 fully saturated rings. The quantitative estimate of drug-likeness (QED) is 0.149. The molecule has 0 atom stereocenters. The van der Waals surface area contributed by atoms with Crippen molar-refractivity contribution in [3.63, 3.8) is 0 Å². The standard InChI is InChI=1S/C36H37N3O5/c1-7-43-31-17-24(4)29(20-28(31)23(2)3)35-38-30-16-12-11-15-27(30)36(40)39(35)37-21-26-18-32(41-5)34(33(19-26)42-6)44-22-25-13-9-8-10-14-25/h8-21,23H,7,22H2,1-6H3. The summed E-state index contributed by atoms with van der Waals surface area (Å²) in [5.74, 6) is 2.91. The molecular weight excluding hydrogens is 554 g/mol. The summed E-state index contributed by atoms with van der Waals surface area (Å²) < 4.78 is 24.7. The fourth-order valence-electron chi connectivity index (χ4n) is 5.05. The Labute approximate surface area is 257 Å². The normalized spacial score (nSPS) is 11.3. The van der Waals surface area contributed by atoms with Gasteiger partial charge in [0, 0.05) is 11.1 Å². The van der Waals surface area contributed by atoms with E-state index in [-0.39, 0.29) is 11.5 Å². The molecule has 0 saturated carbocycles. The number of para-hydroxylation sites is 1. The Bertz CT molecular complexity index is 1840. The van der Waals surface area contributed by atoms with Crippen molar-refractivity contribution < 1.29 is 18.9 Å². The van der Waals surface area contributed by atoms with Crippen LogP contribution >= 0.6 is 0 Å². The molecule has 0 aliphatic rings. The predicted molar refractivity (Wildman–Crippen MR) is 175 cm³/mol. The molecule has 8 heteroatoms. The average Bonchev–Trinajstić information content (AvgIpc) is 3.03. The van der Waals surface area contributed by atoms with Crippen LogP contribution in [0.4, 0.5) is 0 Å². The topological polar surface area (TPSA) is 84.2 Å². The highest BCUT2D eigenvalue weighted by atomic mass is 16.5. The van der Waals surface area contributed by atoms with E-state index in [1.165, 1.54) is 4.68 Å². The van der Waals surface area contributed by atoms with E-state index in [1.807, 2.05) is 68.4 Å². The molecule has 5 aromatic rings. The smallest absolute Gasteiger partial charge is 0.282 e. The number of methoxy groups -OCH3 is 2. The summed E-state index contributed by atoms with van der Waals surface area (Å²) in [5.41, 5.74) is 4.76. The average molecular weight is 592 g/mol. The molecule has 0 aliphatic carbocycles. The van der Waals surface area contributed by atoms with Gasteiger partial charge in [-0.25, -0.2) is 4.98 Å². The monoisotopic (exact) mass is 591 g/mol. The summed E-state index contributed by atoms with van der Waals surface area (Å²) in [6.45, 7) is 9.10. The summed E-state index contributed by atoms with van der Waals surface area (Å²) in [7, 11) is 3.14. The van der Waals surface area contributed by atoms with Crippen LogP contribution < -0.4 is 24.5 Å². The van der Waals surface area contributed by atoms with Gasteiger partial charge in [-0.3, -0.25) is 4.79 Å². The van der Waals surface area contributed by atoms with Crippen molar-refractivity contribution in [2.75, 3.05) is 20.8 Å². The molecule has 226 valence electrons. The van der Waals surface area contributed by atoms with Crippen LogP contribution in [0.1, 0.15) is 48.9 Å². The van der Waals surface area contributed by atoms with Crippen molar-refractivity contribution in [1.82, 2.24) is 9.66 Å². The number of aromatic nitrogens is 2. The number of fused-ring (bicyclic) bond motifs is 1. The highest BCUT2D eigenvalue weighted by molar-refractivity contribution is 5.84. The van der Waals surface area contributed by atoms with Crippen LogP contribution in [-0.4, -0.2) is 36.7 Å². The molecule has 0 unspecified atom stereocenters. The van der Waals surface area contributed by atoms with Crippen molar-refractivity contribution in [2.45, 2.75) is 40.2 Å². The third-order valence-corrected chi connectivity index (χ3v) is 7.30. The molecule has 0 aliphatic heterocycles. The van der Waals surface area contributed by atoms with Crippen LogP contribution in [-0.2, 0) is 6.61 Å². The van der Waals surface area contributed by atoms with Gasteiger partial charge < -0.3 is 18.9 Å². The zero-order valence-electron chi connectivity index (χ0n) is 26.0. The Kier molecular flexibility index (Phi) is 9.29. The Morgan fingerprint density at radius 2 is 1.57 bits per heavy atom. The lowest BCUT2D eigenvalue weighted by Gasteiger charge is -2.18. The van der Waals surface area contributed by atoms with E-state index in [0.717, 1.165) is 28.0 Å². The van der Waals surface area contributed by atoms with E-state index < -0.39 is 0 Å². The molecule has 0 saturated heterocycles. The summed E-state index contributed by atoms with van der Waals surface area (Å²) >= 11 is 0. The fraction of sp³-hybridized carbons (Fsp3) is 0.250. The Balaban J connectivity index is 1.62. The summed E-state index contributed by atoms with van der Waals surface area (Å²) in [5, 5.41) is 5.16. The van der Waals surface area contributed by atoms with Gasteiger partial charge in [0.1, 0.15) is 12.4 Å². The lowest BCUT2D eigenvalue weighted by Crippen LogP contribution is -2.21. The second-order valence-corrected chi connectivity index (χ2v) is 10.6. The molecule has 1 heterocycles. The minimum atomic E-state index is -0.275. The molecule has 0 spiro atoms. The van der Waals surface area contributed by atoms with E-state index in [2.05, 4.69) is 25.0 Å². The van der Waals surface area contributed by atoms with Gasteiger partial charge in [-0.15, -0.1) is 0 Å². The predicted octanol–water partition coefficient (Wildman–Crippen LogP) is 7.37. The van der Waals surface area contributed by atoms with Crippen molar-refractivity contribution >= 4 is 17.1 Å². The SMILES string of the molecule is CCOc1cc(C)c(-c2nc3ccccc3c(=O)n2N=Cc2cc(OC)c(OCc3ccccc3)c(OC)c2)cc1C(C)C. The highest BCUT2D eigenvalue weighted by Gasteiger charge is 2.19. The van der Waals surface area contributed by atoms with Crippen LogP contribution in [0.2, 0.25) is 0 Å². The van der Waals surface area contributed by atoms with Gasteiger partial charge in [0.05, 0.1) is 37.9 Å². The number of rotatable bonds is 11. The Morgan fingerprint density at radius 1 is 0.886 bits per heavy atom. The van der Waals surface area contributed by atoms with Crippen molar-refractivity contribution in [3.8, 4) is 34.4 Å². The molecular formula is C36H37N3O5. The van der Waals surface area contributed by atoms with Crippen LogP contribution in [0.5, 0.6) is 23.0 Å². The number of nitrogens with zero attached hydrogens (tertiary/aromatic N) is 3. The minimum Gasteiger partial charge on any atom is -0.494 e. The Hall–Kier alpha value is -5.11. The van der Waals surface area contributed by atoms with E-state index in [1.54, 1.807) is 38.6 Å². The summed E-state index contributed by atoms with van der Waals surface area (Å²) in [4.78, 5) is 18.8. The minimum absolute atomic E-state index is 0.197. The summed E-state index contributed by atoms with van der Waals surface area (Å²) in [6.07, 6.45) is 1.60. The number of hydrogen-bond donors (Lipinski definition) is 0. The highest BCUT2D eigenvalue weighted by Crippen LogP contribution is 2.39. The van der Waals surface area contributed by atoms with Gasteiger partial charge >= 0.3 is 0 Å². The lowest BCUT2D eigenvalue weighted by atomic mass is 9.96. The third-order valence-electron chi connectivity index (χ3n) is 7.30. The van der Waals surface area contributed by atoms with Crippen molar-refractivity contribution in [2.24, 2.45) is 5.10 Å². The second kappa shape index (κ2) is 13.5. The molecule has 44 heavy (non-hydrogen) atoms. The van der Waals surface area contributed by atoms with Crippen molar-refractivity contribution in [3.05, 3.63) is 111 Å². The van der Waals surface area contributed by atoms with E-state index in [4.69, 9.17) is 23.9 Å². The van der Waals surface area contributed by atoms with Crippen LogP contribution in [0, 0.1) is 6.92 Å². The van der Waals surface area contributed by atoms with Gasteiger partial charge in [0.15, 0.2) is 17.3 Å². The molecule has 5 rings (SSSR count). The maximum Gasteiger partial charge on any atom is 0.282 e. The number of ether oxygens (including phenoxy) is 4. The molecule has 0 amide bonds. The zero-order valence-corrected chi connectivity index (χ0v) is 26.0. The molecule has 0 N–H and O–H groups in total. The van der Waals surface area contributed by atoms with Crippen LogP contribution in [0.3, 0.4) is 0 Å². The van der Waals surface area contributed by atoms with E-state index in [0.29, 0.717) is 52.8 Å². The first-order chi connectivity index (χ1) is 21.3. The van der Waals surface area contributed by atoms with Crippen LogP contribution in [0.15, 0.2) is 88.8 Å². The van der Waals surface area contributed by atoms with Gasteiger partial charge in [0.25, 0.3) is 5.56 Å². The van der Waals surface area contributed by atoms with Crippen molar-refractivity contribution in [1.29, 1.82) is 0 Å². The first-order valence-electron chi connectivity index (χ1n) is 14.6. The zero-order chi connectivity index (χ0) is 31.2. The molecule has 1 aromatic heterocycles. The number of benzene rings is 4. The second-order valence-electron chi connectivity index (χ2n) is 10.6. The van der Waals surface area contributed by atoms with Gasteiger partial charge in [-0.2, -0.15) is 9.78 Å². The maximum absolute atomic E-state index is 13.9. The summed E-state index contributed by atoms with van der Waals surface area (Å²) in [6, 6.07) is 24.8. The molecule has 0 bridgehead atoms. The lowest BCUT2D eigenvalue weighted by molar-refractivity contribution is 0.266.